The molecule has 0 aliphatic rings. The molecule has 0 saturated carbocycles. The van der Waals surface area contributed by atoms with Crippen LogP contribution >= 0.6 is 11.3 Å². The fourth-order valence-corrected chi connectivity index (χ4v) is 6.32. The SMILES string of the molecule is Cc1ccc(C(C)C)c(-n2c(C)csc2=NC(=O)CCC(C)(C)Cc2ccc(-c3ncn(-c4ccc(OC(F)(F)F)cc4)n3)cc2)c1. The second-order valence-electron chi connectivity index (χ2n) is 12.8. The zero-order valence-electron chi connectivity index (χ0n) is 27.3. The lowest BCUT2D eigenvalue weighted by molar-refractivity contribution is -0.274. The van der Waals surface area contributed by atoms with Crippen molar-refractivity contribution in [3.05, 3.63) is 106 Å². The molecule has 47 heavy (non-hydrogen) atoms. The molecule has 7 nitrogen and oxygen atoms in total. The van der Waals surface area contributed by atoms with E-state index in [9.17, 15) is 18.0 Å². The van der Waals surface area contributed by atoms with Crippen molar-refractivity contribution in [1.29, 1.82) is 0 Å². The van der Waals surface area contributed by atoms with Crippen LogP contribution < -0.4 is 9.54 Å². The number of hydrogen-bond acceptors (Lipinski definition) is 5. The smallest absolute Gasteiger partial charge is 0.406 e. The molecule has 0 aliphatic carbocycles. The Kier molecular flexibility index (Phi) is 9.86. The molecule has 0 bridgehead atoms. The molecule has 0 saturated heterocycles. The summed E-state index contributed by atoms with van der Waals surface area (Å²) in [5.74, 6) is 0.390. The van der Waals surface area contributed by atoms with Crippen LogP contribution in [0.5, 0.6) is 5.75 Å². The zero-order chi connectivity index (χ0) is 33.9. The van der Waals surface area contributed by atoms with E-state index in [1.165, 1.54) is 52.2 Å². The van der Waals surface area contributed by atoms with Crippen molar-refractivity contribution in [2.45, 2.75) is 73.1 Å². The summed E-state index contributed by atoms with van der Waals surface area (Å²) in [5, 5.41) is 6.52. The topological polar surface area (TPSA) is 74.3 Å². The lowest BCUT2D eigenvalue weighted by Gasteiger charge is -2.24. The molecule has 0 atom stereocenters. The van der Waals surface area contributed by atoms with E-state index in [2.05, 4.69) is 77.2 Å². The molecule has 246 valence electrons. The van der Waals surface area contributed by atoms with Gasteiger partial charge in [0.15, 0.2) is 10.6 Å². The summed E-state index contributed by atoms with van der Waals surface area (Å²) in [5.41, 5.74) is 6.84. The maximum Gasteiger partial charge on any atom is 0.573 e. The third-order valence-electron chi connectivity index (χ3n) is 7.89. The summed E-state index contributed by atoms with van der Waals surface area (Å²) in [6.07, 6.45) is -1.44. The molecule has 0 spiro atoms. The van der Waals surface area contributed by atoms with E-state index in [1.807, 2.05) is 36.6 Å². The second-order valence-corrected chi connectivity index (χ2v) is 13.6. The van der Waals surface area contributed by atoms with Gasteiger partial charge >= 0.3 is 6.36 Å². The zero-order valence-corrected chi connectivity index (χ0v) is 28.1. The minimum atomic E-state index is -4.75. The van der Waals surface area contributed by atoms with E-state index >= 15 is 0 Å². The maximum atomic E-state index is 13.1. The van der Waals surface area contributed by atoms with Crippen molar-refractivity contribution in [3.8, 4) is 28.5 Å². The molecule has 11 heteroatoms. The number of hydrogen-bond donors (Lipinski definition) is 0. The van der Waals surface area contributed by atoms with Crippen molar-refractivity contribution in [3.63, 3.8) is 0 Å². The summed E-state index contributed by atoms with van der Waals surface area (Å²) in [6.45, 7) is 12.8. The minimum Gasteiger partial charge on any atom is -0.406 e. The Labute approximate surface area is 276 Å². The number of ether oxygens (including phenoxy) is 1. The third kappa shape index (κ3) is 8.65. The average molecular weight is 662 g/mol. The lowest BCUT2D eigenvalue weighted by Crippen LogP contribution is -2.20. The van der Waals surface area contributed by atoms with Crippen molar-refractivity contribution in [1.82, 2.24) is 19.3 Å². The highest BCUT2D eigenvalue weighted by atomic mass is 32.1. The molecule has 0 fully saturated rings. The molecular weight excluding hydrogens is 623 g/mol. The number of nitrogens with zero attached hydrogens (tertiary/aromatic N) is 5. The minimum absolute atomic E-state index is 0.132. The number of carbonyl (C=O) groups is 1. The van der Waals surface area contributed by atoms with Gasteiger partial charge in [-0.05, 0) is 85.0 Å². The van der Waals surface area contributed by atoms with Crippen LogP contribution in [0.25, 0.3) is 22.8 Å². The van der Waals surface area contributed by atoms with Crippen LogP contribution in [0.1, 0.15) is 68.8 Å². The second kappa shape index (κ2) is 13.7. The average Bonchev–Trinajstić information content (AvgIpc) is 3.63. The van der Waals surface area contributed by atoms with Crippen molar-refractivity contribution >= 4 is 17.2 Å². The van der Waals surface area contributed by atoms with Gasteiger partial charge in [-0.3, -0.25) is 9.36 Å². The number of carbonyl (C=O) groups excluding carboxylic acids is 1. The van der Waals surface area contributed by atoms with Gasteiger partial charge in [0.1, 0.15) is 12.1 Å². The number of aryl methyl sites for hydroxylation is 2. The predicted octanol–water partition coefficient (Wildman–Crippen LogP) is 8.90. The van der Waals surface area contributed by atoms with Crippen molar-refractivity contribution in [2.24, 2.45) is 10.4 Å². The Morgan fingerprint density at radius 2 is 1.70 bits per heavy atom. The van der Waals surface area contributed by atoms with Gasteiger partial charge in [-0.2, -0.15) is 4.99 Å². The molecule has 5 aromatic rings. The van der Waals surface area contributed by atoms with Crippen LogP contribution in [-0.2, 0) is 11.2 Å². The van der Waals surface area contributed by atoms with E-state index in [-0.39, 0.29) is 17.1 Å². The van der Waals surface area contributed by atoms with Gasteiger partial charge in [-0.1, -0.05) is 64.1 Å². The summed E-state index contributed by atoms with van der Waals surface area (Å²) in [4.78, 5) is 22.7. The Hall–Kier alpha value is -4.51. The number of thiazole rings is 1. The normalized spacial score (nSPS) is 12.6. The summed E-state index contributed by atoms with van der Waals surface area (Å²) in [6, 6.07) is 19.8. The van der Waals surface area contributed by atoms with E-state index in [0.29, 0.717) is 35.1 Å². The molecule has 0 aliphatic heterocycles. The van der Waals surface area contributed by atoms with Crippen LogP contribution in [0.15, 0.2) is 83.4 Å². The first-order chi connectivity index (χ1) is 22.2. The third-order valence-corrected chi connectivity index (χ3v) is 8.83. The highest BCUT2D eigenvalue weighted by Crippen LogP contribution is 2.30. The summed E-state index contributed by atoms with van der Waals surface area (Å²) < 4.78 is 44.9. The van der Waals surface area contributed by atoms with Gasteiger partial charge in [0.05, 0.1) is 11.4 Å². The predicted molar refractivity (Wildman–Crippen MR) is 178 cm³/mol. The monoisotopic (exact) mass is 661 g/mol. The van der Waals surface area contributed by atoms with E-state index in [1.54, 1.807) is 0 Å². The van der Waals surface area contributed by atoms with Gasteiger partial charge in [0.2, 0.25) is 5.91 Å². The largest absolute Gasteiger partial charge is 0.573 e. The van der Waals surface area contributed by atoms with Crippen LogP contribution in [0.3, 0.4) is 0 Å². The van der Waals surface area contributed by atoms with Gasteiger partial charge in [-0.15, -0.1) is 29.6 Å². The van der Waals surface area contributed by atoms with Gasteiger partial charge in [-0.25, -0.2) is 9.67 Å². The first-order valence-corrected chi connectivity index (χ1v) is 16.3. The van der Waals surface area contributed by atoms with Gasteiger partial charge in [0.25, 0.3) is 0 Å². The van der Waals surface area contributed by atoms with Crippen LogP contribution in [0.2, 0.25) is 0 Å². The Balaban J connectivity index is 1.22. The van der Waals surface area contributed by atoms with Crippen molar-refractivity contribution in [2.75, 3.05) is 0 Å². The van der Waals surface area contributed by atoms with Crippen LogP contribution in [0, 0.1) is 19.3 Å². The summed E-state index contributed by atoms with van der Waals surface area (Å²) in [7, 11) is 0. The number of rotatable bonds is 10. The van der Waals surface area contributed by atoms with Crippen LogP contribution in [0.4, 0.5) is 13.2 Å². The maximum absolute atomic E-state index is 13.1. The van der Waals surface area contributed by atoms with Gasteiger partial charge < -0.3 is 4.74 Å². The number of alkyl halides is 3. The van der Waals surface area contributed by atoms with Crippen molar-refractivity contribution < 1.29 is 22.7 Å². The summed E-state index contributed by atoms with van der Waals surface area (Å²) >= 11 is 1.48. The standard InChI is InChI=1S/C36H38F3N5O2S/c1-23(2)30-16-7-24(3)19-31(30)44-25(4)21-47-34(44)41-32(45)17-18-35(5,6)20-26-8-10-27(11-9-26)33-40-22-43(42-33)28-12-14-29(15-13-28)46-36(37,38)39/h7-16,19,21-23H,17-18,20H2,1-6H3. The first kappa shape index (κ1) is 33.8. The molecule has 5 rings (SSSR count). The lowest BCUT2D eigenvalue weighted by atomic mass is 9.81. The Morgan fingerprint density at radius 1 is 1.00 bits per heavy atom. The number of aromatic nitrogens is 4. The first-order valence-electron chi connectivity index (χ1n) is 15.4. The molecule has 0 unspecified atom stereocenters. The van der Waals surface area contributed by atoms with E-state index < -0.39 is 6.36 Å². The molecule has 3 aromatic carbocycles. The molecule has 2 heterocycles. The molecule has 2 aromatic heterocycles. The van der Waals surface area contributed by atoms with Gasteiger partial charge in [0, 0.05) is 23.1 Å². The highest BCUT2D eigenvalue weighted by Gasteiger charge is 2.31. The molecule has 0 radical (unpaired) electrons. The number of amides is 1. The van der Waals surface area contributed by atoms with E-state index in [4.69, 9.17) is 0 Å². The highest BCUT2D eigenvalue weighted by molar-refractivity contribution is 7.07. The number of halogens is 3. The molecular formula is C36H38F3N5O2S. The Bertz CT molecular complexity index is 1920. The molecule has 0 N–H and O–H groups in total. The van der Waals surface area contributed by atoms with Crippen LogP contribution in [-0.4, -0.2) is 31.6 Å². The van der Waals surface area contributed by atoms with E-state index in [0.717, 1.165) is 34.5 Å². The fraction of sp³-hybridized carbons (Fsp3) is 0.333. The quantitative estimate of drug-likeness (QED) is 0.150. The molecule has 1 amide bonds. The fourth-order valence-electron chi connectivity index (χ4n) is 5.44. The Morgan fingerprint density at radius 3 is 2.36 bits per heavy atom. The number of benzene rings is 3.